The number of hydrogen-bond donors (Lipinski definition) is 21. The molecule has 0 rings (SSSR count). The molecule has 0 fully saturated rings. The van der Waals surface area contributed by atoms with Crippen molar-refractivity contribution in [1.82, 2.24) is 0 Å². The lowest BCUT2D eigenvalue weighted by molar-refractivity contribution is -0.136. The monoisotopic (exact) mass is 684 g/mol. The molecule has 0 bridgehead atoms. The molecule has 0 aliphatic rings. The standard InChI is InChI=1S/5C4H10O4.C3H6O2/c5*5-1-3(7)4(8)2-6;1-2-3(4)5/h5*3-8H,1-2H2;2H2,1H3,(H,4,5). The van der Waals surface area contributed by atoms with Gasteiger partial charge in [-0.1, -0.05) is 6.92 Å². The predicted octanol–water partition coefficient (Wildman–Crippen LogP) is -11.1. The normalized spacial score (nSPS) is 16.8. The average molecular weight is 685 g/mol. The smallest absolute Gasteiger partial charge is 0.303 e. The maximum atomic E-state index is 9.37. The maximum Gasteiger partial charge on any atom is 0.303 e. The van der Waals surface area contributed by atoms with Gasteiger partial charge in [-0.15, -0.1) is 0 Å². The van der Waals surface area contributed by atoms with Gasteiger partial charge in [-0.05, 0) is 0 Å². The molecule has 21 N–H and O–H groups in total. The molecule has 280 valence electrons. The minimum Gasteiger partial charge on any atom is -0.481 e. The van der Waals surface area contributed by atoms with E-state index in [1.54, 1.807) is 6.92 Å². The van der Waals surface area contributed by atoms with Gasteiger partial charge in [-0.2, -0.15) is 0 Å². The van der Waals surface area contributed by atoms with Crippen LogP contribution >= 0.6 is 0 Å². The molecule has 10 atom stereocenters. The molecule has 0 aromatic rings. The van der Waals surface area contributed by atoms with Crippen molar-refractivity contribution < 1.29 is 112 Å². The molecule has 0 radical (unpaired) electrons. The van der Waals surface area contributed by atoms with E-state index in [4.69, 9.17) is 107 Å². The summed E-state index contributed by atoms with van der Waals surface area (Å²) in [5, 5.41) is 174. The van der Waals surface area contributed by atoms with E-state index in [-0.39, 0.29) is 6.42 Å². The Bertz CT molecular complexity index is 430. The second-order valence-electron chi connectivity index (χ2n) is 8.25. The summed E-state index contributed by atoms with van der Waals surface area (Å²) in [6.45, 7) is -3.66. The Morgan fingerprint density at radius 2 is 0.400 bits per heavy atom. The molecule has 22 heteroatoms. The topological polar surface area (TPSA) is 442 Å². The Morgan fingerprint density at radius 3 is 0.422 bits per heavy atom. The van der Waals surface area contributed by atoms with Gasteiger partial charge in [-0.3, -0.25) is 4.79 Å². The first-order valence-corrected chi connectivity index (χ1v) is 13.0. The minimum absolute atomic E-state index is 0.222. The van der Waals surface area contributed by atoms with Crippen molar-refractivity contribution in [1.29, 1.82) is 0 Å². The zero-order valence-corrected chi connectivity index (χ0v) is 24.9. The number of rotatable bonds is 16. The van der Waals surface area contributed by atoms with Crippen LogP contribution in [0.2, 0.25) is 0 Å². The summed E-state index contributed by atoms with van der Waals surface area (Å²) in [6, 6.07) is 0. The van der Waals surface area contributed by atoms with Crippen molar-refractivity contribution in [3.63, 3.8) is 0 Å². The van der Waals surface area contributed by atoms with Crippen LogP contribution < -0.4 is 0 Å². The highest BCUT2D eigenvalue weighted by atomic mass is 16.4. The molecule has 0 amide bonds. The summed E-state index contributed by atoms with van der Waals surface area (Å²) in [6.07, 6.45) is -12.0. The van der Waals surface area contributed by atoms with Gasteiger partial charge >= 0.3 is 5.97 Å². The molecule has 0 aliphatic heterocycles. The van der Waals surface area contributed by atoms with Crippen molar-refractivity contribution >= 4 is 5.97 Å². The summed E-state index contributed by atoms with van der Waals surface area (Å²) >= 11 is 0. The van der Waals surface area contributed by atoms with Crippen LogP contribution in [0.5, 0.6) is 0 Å². The fourth-order valence-electron chi connectivity index (χ4n) is 1.22. The molecular formula is C23H56O22. The third-order valence-electron chi connectivity index (χ3n) is 4.39. The number of carboxylic acid groups (broad SMARTS) is 1. The van der Waals surface area contributed by atoms with Gasteiger partial charge in [-0.25, -0.2) is 0 Å². The van der Waals surface area contributed by atoms with Gasteiger partial charge in [0.2, 0.25) is 0 Å². The molecule has 45 heavy (non-hydrogen) atoms. The number of aliphatic hydroxyl groups is 20. The van der Waals surface area contributed by atoms with E-state index in [0.29, 0.717) is 0 Å². The molecule has 0 aromatic heterocycles. The number of aliphatic carboxylic acids is 1. The van der Waals surface area contributed by atoms with Gasteiger partial charge in [0, 0.05) is 6.42 Å². The van der Waals surface area contributed by atoms with E-state index in [2.05, 4.69) is 0 Å². The second kappa shape index (κ2) is 40.7. The van der Waals surface area contributed by atoms with Gasteiger partial charge in [0.15, 0.2) is 0 Å². The quantitative estimate of drug-likeness (QED) is 0.0717. The Morgan fingerprint density at radius 1 is 0.333 bits per heavy atom. The maximum absolute atomic E-state index is 9.37. The van der Waals surface area contributed by atoms with Gasteiger partial charge in [0.25, 0.3) is 0 Å². The highest BCUT2D eigenvalue weighted by Gasteiger charge is 2.14. The first-order valence-electron chi connectivity index (χ1n) is 13.0. The van der Waals surface area contributed by atoms with Crippen LogP contribution in [0.25, 0.3) is 0 Å². The fourth-order valence-corrected chi connectivity index (χ4v) is 1.22. The van der Waals surface area contributed by atoms with Crippen LogP contribution in [0.3, 0.4) is 0 Å². The van der Waals surface area contributed by atoms with Crippen molar-refractivity contribution in [2.24, 2.45) is 0 Å². The predicted molar refractivity (Wildman–Crippen MR) is 149 cm³/mol. The number of carbonyl (C=O) groups is 1. The average Bonchev–Trinajstić information content (AvgIpc) is 3.08. The van der Waals surface area contributed by atoms with Crippen molar-refractivity contribution in [2.75, 3.05) is 66.1 Å². The summed E-state index contributed by atoms with van der Waals surface area (Å²) in [5.41, 5.74) is 0. The van der Waals surface area contributed by atoms with E-state index in [1.165, 1.54) is 0 Å². The number of aliphatic hydroxyl groups excluding tert-OH is 20. The van der Waals surface area contributed by atoms with Crippen LogP contribution in [-0.4, -0.2) is 240 Å². The van der Waals surface area contributed by atoms with Crippen LogP contribution in [0, 0.1) is 0 Å². The largest absolute Gasteiger partial charge is 0.481 e. The molecule has 22 nitrogen and oxygen atoms in total. The Labute approximate surface area is 259 Å². The number of carboxylic acids is 1. The Hall–Kier alpha value is -1.33. The van der Waals surface area contributed by atoms with Gasteiger partial charge in [0.1, 0.15) is 61.0 Å². The molecule has 10 unspecified atom stereocenters. The van der Waals surface area contributed by atoms with E-state index >= 15 is 0 Å². The van der Waals surface area contributed by atoms with E-state index in [9.17, 15) is 4.79 Å². The van der Waals surface area contributed by atoms with E-state index in [1.807, 2.05) is 0 Å². The molecule has 0 saturated carbocycles. The van der Waals surface area contributed by atoms with Crippen molar-refractivity contribution in [2.45, 2.75) is 74.4 Å². The summed E-state index contributed by atoms with van der Waals surface area (Å²) < 4.78 is 0. The van der Waals surface area contributed by atoms with Crippen molar-refractivity contribution in [3.8, 4) is 0 Å². The lowest BCUT2D eigenvalue weighted by atomic mass is 10.2. The molecular weight excluding hydrogens is 628 g/mol. The lowest BCUT2D eigenvalue weighted by Crippen LogP contribution is -2.31. The lowest BCUT2D eigenvalue weighted by Gasteiger charge is -2.10. The summed E-state index contributed by atoms with van der Waals surface area (Å²) in [7, 11) is 0. The Kier molecular flexibility index (Phi) is 50.7. The van der Waals surface area contributed by atoms with E-state index < -0.39 is 133 Å². The van der Waals surface area contributed by atoms with Crippen LogP contribution in [0.4, 0.5) is 0 Å². The van der Waals surface area contributed by atoms with Gasteiger partial charge < -0.3 is 107 Å². The zero-order valence-electron chi connectivity index (χ0n) is 24.9. The molecule has 0 saturated heterocycles. The third kappa shape index (κ3) is 42.7. The molecule has 0 aromatic carbocycles. The summed E-state index contributed by atoms with van der Waals surface area (Å²) in [4.78, 5) is 9.37. The SMILES string of the molecule is CCC(=O)O.OCC(O)C(O)CO.OCC(O)C(O)CO.OCC(O)C(O)CO.OCC(O)C(O)CO.OCC(O)C(O)CO. The molecule has 0 aliphatic carbocycles. The molecule has 0 heterocycles. The van der Waals surface area contributed by atoms with Gasteiger partial charge in [0.05, 0.1) is 66.1 Å². The molecule has 0 spiro atoms. The van der Waals surface area contributed by atoms with E-state index in [0.717, 1.165) is 0 Å². The Balaban J connectivity index is -0.000000102. The summed E-state index contributed by atoms with van der Waals surface area (Å²) in [5.74, 6) is -0.745. The van der Waals surface area contributed by atoms with Crippen LogP contribution in [0.15, 0.2) is 0 Å². The fraction of sp³-hybridized carbons (Fsp3) is 0.957. The van der Waals surface area contributed by atoms with Crippen molar-refractivity contribution in [3.05, 3.63) is 0 Å². The van der Waals surface area contributed by atoms with Crippen LogP contribution in [0.1, 0.15) is 13.3 Å². The highest BCUT2D eigenvalue weighted by molar-refractivity contribution is 5.66. The number of hydrogen-bond acceptors (Lipinski definition) is 21. The minimum atomic E-state index is -1.22. The first-order chi connectivity index (χ1) is 20.9. The third-order valence-corrected chi connectivity index (χ3v) is 4.39. The highest BCUT2D eigenvalue weighted by Crippen LogP contribution is 1.91. The zero-order chi connectivity index (χ0) is 37.1. The first kappa shape index (κ1) is 56.0. The second-order valence-corrected chi connectivity index (χ2v) is 8.25. The van der Waals surface area contributed by atoms with Crippen LogP contribution in [-0.2, 0) is 4.79 Å².